The molecule has 1 N–H and O–H groups in total. The fourth-order valence-corrected chi connectivity index (χ4v) is 2.84. The van der Waals surface area contributed by atoms with Gasteiger partial charge in [-0.2, -0.15) is 0 Å². The lowest BCUT2D eigenvalue weighted by atomic mass is 9.89. The summed E-state index contributed by atoms with van der Waals surface area (Å²) in [6, 6.07) is 8.29. The fourth-order valence-electron chi connectivity index (χ4n) is 2.84. The first-order chi connectivity index (χ1) is 9.15. The molecule has 19 heavy (non-hydrogen) atoms. The van der Waals surface area contributed by atoms with Crippen LogP contribution in [0.5, 0.6) is 0 Å². The Kier molecular flexibility index (Phi) is 4.31. The van der Waals surface area contributed by atoms with Gasteiger partial charge in [0.2, 0.25) is 0 Å². The van der Waals surface area contributed by atoms with Crippen LogP contribution in [0.1, 0.15) is 51.4 Å². The third-order valence-corrected chi connectivity index (χ3v) is 4.57. The van der Waals surface area contributed by atoms with E-state index >= 15 is 0 Å². The van der Waals surface area contributed by atoms with E-state index in [2.05, 4.69) is 45.1 Å². The van der Waals surface area contributed by atoms with Crippen molar-refractivity contribution in [1.29, 1.82) is 0 Å². The van der Waals surface area contributed by atoms with Crippen molar-refractivity contribution in [3.8, 4) is 0 Å². The molecule has 2 rings (SSSR count). The quantitative estimate of drug-likeness (QED) is 0.806. The van der Waals surface area contributed by atoms with E-state index in [1.54, 1.807) is 0 Å². The van der Waals surface area contributed by atoms with Crippen LogP contribution in [-0.2, 0) is 6.54 Å². The molecular weight excluding hydrogens is 234 g/mol. The highest BCUT2D eigenvalue weighted by atomic mass is 16.3. The molecule has 0 saturated heterocycles. The van der Waals surface area contributed by atoms with E-state index in [0.29, 0.717) is 0 Å². The van der Waals surface area contributed by atoms with E-state index in [-0.39, 0.29) is 5.54 Å². The lowest BCUT2D eigenvalue weighted by Crippen LogP contribution is -2.43. The molecule has 1 aromatic heterocycles. The summed E-state index contributed by atoms with van der Waals surface area (Å²) >= 11 is 0. The second kappa shape index (κ2) is 5.79. The van der Waals surface area contributed by atoms with Crippen LogP contribution in [0.15, 0.2) is 28.7 Å². The zero-order valence-corrected chi connectivity index (χ0v) is 12.5. The summed E-state index contributed by atoms with van der Waals surface area (Å²) in [7, 11) is 0. The van der Waals surface area contributed by atoms with Crippen LogP contribution in [0.25, 0.3) is 11.0 Å². The van der Waals surface area contributed by atoms with Crippen molar-refractivity contribution in [3.05, 3.63) is 35.6 Å². The first-order valence-corrected chi connectivity index (χ1v) is 7.37. The Morgan fingerprint density at radius 1 is 1.05 bits per heavy atom. The average molecular weight is 259 g/mol. The Hall–Kier alpha value is -1.28. The Bertz CT molecular complexity index is 529. The van der Waals surface area contributed by atoms with Gasteiger partial charge < -0.3 is 9.73 Å². The van der Waals surface area contributed by atoms with E-state index in [9.17, 15) is 0 Å². The fraction of sp³-hybridized carbons (Fsp3) is 0.529. The van der Waals surface area contributed by atoms with Crippen LogP contribution in [0.4, 0.5) is 0 Å². The molecule has 104 valence electrons. The molecule has 0 aliphatic heterocycles. The Morgan fingerprint density at radius 3 is 2.32 bits per heavy atom. The van der Waals surface area contributed by atoms with Gasteiger partial charge in [0, 0.05) is 23.0 Å². The number of para-hydroxylation sites is 1. The summed E-state index contributed by atoms with van der Waals surface area (Å²) in [5.74, 6) is 1.03. The maximum Gasteiger partial charge on any atom is 0.134 e. The zero-order chi connectivity index (χ0) is 13.9. The van der Waals surface area contributed by atoms with Crippen molar-refractivity contribution in [2.75, 3.05) is 0 Å². The summed E-state index contributed by atoms with van der Waals surface area (Å²) in [6.45, 7) is 9.74. The first-order valence-electron chi connectivity index (χ1n) is 7.37. The minimum atomic E-state index is 0.255. The third kappa shape index (κ3) is 2.69. The van der Waals surface area contributed by atoms with Crippen molar-refractivity contribution < 1.29 is 4.42 Å². The van der Waals surface area contributed by atoms with E-state index in [1.165, 1.54) is 10.9 Å². The number of aryl methyl sites for hydroxylation is 1. The van der Waals surface area contributed by atoms with E-state index in [4.69, 9.17) is 4.42 Å². The van der Waals surface area contributed by atoms with Gasteiger partial charge in [-0.25, -0.2) is 0 Å². The molecule has 0 spiro atoms. The van der Waals surface area contributed by atoms with Gasteiger partial charge in [-0.05, 0) is 32.3 Å². The molecule has 0 bridgehead atoms. The van der Waals surface area contributed by atoms with E-state index < -0.39 is 0 Å². The smallest absolute Gasteiger partial charge is 0.134 e. The van der Waals surface area contributed by atoms with Gasteiger partial charge in [-0.1, -0.05) is 39.0 Å². The molecule has 1 heterocycles. The summed E-state index contributed by atoms with van der Waals surface area (Å²) in [5.41, 5.74) is 2.55. The van der Waals surface area contributed by atoms with Crippen LogP contribution in [-0.4, -0.2) is 5.54 Å². The standard InChI is InChI=1S/C17H25NO/c1-5-17(6-2,7-3)18-12-15-13(4)19-16-11-9-8-10-14(15)16/h8-11,18H,5-7,12H2,1-4H3. The highest BCUT2D eigenvalue weighted by Gasteiger charge is 2.23. The van der Waals surface area contributed by atoms with Crippen LogP contribution in [0.2, 0.25) is 0 Å². The van der Waals surface area contributed by atoms with Crippen LogP contribution < -0.4 is 5.32 Å². The predicted octanol–water partition coefficient (Wildman–Crippen LogP) is 4.80. The van der Waals surface area contributed by atoms with Crippen molar-refractivity contribution in [1.82, 2.24) is 5.32 Å². The third-order valence-electron chi connectivity index (χ3n) is 4.57. The second-order valence-electron chi connectivity index (χ2n) is 5.33. The molecule has 0 atom stereocenters. The van der Waals surface area contributed by atoms with Crippen LogP contribution >= 0.6 is 0 Å². The number of benzene rings is 1. The monoisotopic (exact) mass is 259 g/mol. The van der Waals surface area contributed by atoms with Crippen LogP contribution in [0, 0.1) is 6.92 Å². The van der Waals surface area contributed by atoms with E-state index in [1.807, 2.05) is 12.1 Å². The normalized spacial score (nSPS) is 12.2. The van der Waals surface area contributed by atoms with Crippen molar-refractivity contribution in [3.63, 3.8) is 0 Å². The molecule has 0 aliphatic carbocycles. The summed E-state index contributed by atoms with van der Waals surface area (Å²) in [5, 5.41) is 5.00. The van der Waals surface area contributed by atoms with Gasteiger partial charge in [0.05, 0.1) is 0 Å². The molecule has 0 saturated carbocycles. The first kappa shape index (κ1) is 14.1. The van der Waals surface area contributed by atoms with Gasteiger partial charge >= 0.3 is 0 Å². The molecule has 2 aromatic rings. The molecule has 2 nitrogen and oxygen atoms in total. The van der Waals surface area contributed by atoms with Gasteiger partial charge in [0.25, 0.3) is 0 Å². The number of nitrogens with one attached hydrogen (secondary N) is 1. The van der Waals surface area contributed by atoms with E-state index in [0.717, 1.165) is 37.2 Å². The maximum absolute atomic E-state index is 5.83. The Labute approximate surface area is 116 Å². The molecule has 0 unspecified atom stereocenters. The maximum atomic E-state index is 5.83. The van der Waals surface area contributed by atoms with Gasteiger partial charge in [-0.3, -0.25) is 0 Å². The Morgan fingerprint density at radius 2 is 1.68 bits per heavy atom. The number of fused-ring (bicyclic) bond motifs is 1. The Balaban J connectivity index is 2.24. The summed E-state index contributed by atoms with van der Waals surface area (Å²) < 4.78 is 5.83. The van der Waals surface area contributed by atoms with Crippen molar-refractivity contribution >= 4 is 11.0 Å². The average Bonchev–Trinajstić information content (AvgIpc) is 2.77. The number of hydrogen-bond acceptors (Lipinski definition) is 2. The molecular formula is C17H25NO. The number of rotatable bonds is 6. The number of hydrogen-bond donors (Lipinski definition) is 1. The van der Waals surface area contributed by atoms with Gasteiger partial charge in [0.1, 0.15) is 11.3 Å². The topological polar surface area (TPSA) is 25.2 Å². The molecule has 2 heteroatoms. The predicted molar refractivity (Wildman–Crippen MR) is 81.4 cm³/mol. The van der Waals surface area contributed by atoms with Crippen molar-refractivity contribution in [2.45, 2.75) is 59.0 Å². The SMILES string of the molecule is CCC(CC)(CC)NCc1c(C)oc2ccccc12. The largest absolute Gasteiger partial charge is 0.461 e. The van der Waals surface area contributed by atoms with Gasteiger partial charge in [-0.15, -0.1) is 0 Å². The lowest BCUT2D eigenvalue weighted by molar-refractivity contribution is 0.287. The molecule has 1 aromatic carbocycles. The van der Waals surface area contributed by atoms with Gasteiger partial charge in [0.15, 0.2) is 0 Å². The zero-order valence-electron chi connectivity index (χ0n) is 12.5. The molecule has 0 amide bonds. The number of furan rings is 1. The molecule has 0 aliphatic rings. The van der Waals surface area contributed by atoms with Crippen LogP contribution in [0.3, 0.4) is 0 Å². The highest BCUT2D eigenvalue weighted by molar-refractivity contribution is 5.82. The molecule has 0 radical (unpaired) electrons. The lowest BCUT2D eigenvalue weighted by Gasteiger charge is -2.32. The molecule has 0 fully saturated rings. The minimum Gasteiger partial charge on any atom is -0.461 e. The minimum absolute atomic E-state index is 0.255. The highest BCUT2D eigenvalue weighted by Crippen LogP contribution is 2.27. The summed E-state index contributed by atoms with van der Waals surface area (Å²) in [6.07, 6.45) is 3.48. The van der Waals surface area contributed by atoms with Crippen molar-refractivity contribution in [2.24, 2.45) is 0 Å². The summed E-state index contributed by atoms with van der Waals surface area (Å²) in [4.78, 5) is 0. The second-order valence-corrected chi connectivity index (χ2v) is 5.33.